The van der Waals surface area contributed by atoms with Crippen molar-refractivity contribution in [3.63, 3.8) is 0 Å². The van der Waals surface area contributed by atoms with Gasteiger partial charge in [-0.2, -0.15) is 0 Å². The van der Waals surface area contributed by atoms with Crippen LogP contribution in [0, 0.1) is 12.3 Å². The van der Waals surface area contributed by atoms with Crippen LogP contribution in [0.15, 0.2) is 24.3 Å². The first-order valence-corrected chi connectivity index (χ1v) is 6.93. The van der Waals surface area contributed by atoms with Crippen molar-refractivity contribution in [1.29, 1.82) is 0 Å². The van der Waals surface area contributed by atoms with Crippen molar-refractivity contribution < 1.29 is 5.11 Å². The van der Waals surface area contributed by atoms with Gasteiger partial charge in [-0.05, 0) is 37.3 Å². The summed E-state index contributed by atoms with van der Waals surface area (Å²) in [5.74, 6) is 0. The van der Waals surface area contributed by atoms with Crippen molar-refractivity contribution in [3.05, 3.63) is 35.4 Å². The second-order valence-electron chi connectivity index (χ2n) is 6.43. The van der Waals surface area contributed by atoms with E-state index in [1.54, 1.807) is 0 Å². The van der Waals surface area contributed by atoms with E-state index in [0.29, 0.717) is 5.41 Å². The number of likely N-dealkylation sites (tertiary alicyclic amines) is 1. The van der Waals surface area contributed by atoms with Crippen LogP contribution in [0.3, 0.4) is 0 Å². The van der Waals surface area contributed by atoms with E-state index >= 15 is 0 Å². The number of aryl methyl sites for hydroxylation is 1. The van der Waals surface area contributed by atoms with Crippen molar-refractivity contribution in [3.8, 4) is 0 Å². The van der Waals surface area contributed by atoms with Crippen LogP contribution >= 0.6 is 0 Å². The Bertz CT molecular complexity index is 383. The second kappa shape index (κ2) is 5.41. The molecule has 1 fully saturated rings. The molecule has 1 aromatic carbocycles. The van der Waals surface area contributed by atoms with Crippen molar-refractivity contribution in [2.75, 3.05) is 19.6 Å². The normalized spacial score (nSPS) is 21.8. The average Bonchev–Trinajstić information content (AvgIpc) is 2.28. The van der Waals surface area contributed by atoms with Crippen LogP contribution in [-0.4, -0.2) is 29.6 Å². The maximum absolute atomic E-state index is 10.3. The SMILES string of the molecule is Cc1ccc(C(O)CN2CCCC(C)(C)C2)cc1. The summed E-state index contributed by atoms with van der Waals surface area (Å²) in [6.07, 6.45) is 2.18. The van der Waals surface area contributed by atoms with Gasteiger partial charge in [-0.25, -0.2) is 0 Å². The molecule has 1 aliphatic heterocycles. The zero-order valence-electron chi connectivity index (χ0n) is 11.8. The van der Waals surface area contributed by atoms with Crippen LogP contribution in [-0.2, 0) is 0 Å². The predicted octanol–water partition coefficient (Wildman–Crippen LogP) is 3.15. The summed E-state index contributed by atoms with van der Waals surface area (Å²) in [5, 5.41) is 10.3. The lowest BCUT2D eigenvalue weighted by Crippen LogP contribution is -2.41. The number of rotatable bonds is 3. The van der Waals surface area contributed by atoms with E-state index in [1.165, 1.54) is 18.4 Å². The van der Waals surface area contributed by atoms with Gasteiger partial charge in [-0.15, -0.1) is 0 Å². The third-order valence-electron chi connectivity index (χ3n) is 3.87. The first kappa shape index (κ1) is 13.6. The molecule has 2 rings (SSSR count). The number of β-amino-alcohol motifs (C(OH)–C–C–N with tert-alkyl or cyclic N) is 1. The minimum atomic E-state index is -0.362. The van der Waals surface area contributed by atoms with Gasteiger partial charge in [0.2, 0.25) is 0 Å². The molecular formula is C16H25NO. The molecule has 18 heavy (non-hydrogen) atoms. The number of aliphatic hydroxyl groups excluding tert-OH is 1. The monoisotopic (exact) mass is 247 g/mol. The van der Waals surface area contributed by atoms with Gasteiger partial charge < -0.3 is 5.11 Å². The lowest BCUT2D eigenvalue weighted by Gasteiger charge is -2.38. The summed E-state index contributed by atoms with van der Waals surface area (Å²) in [6, 6.07) is 8.21. The molecule has 1 heterocycles. The Morgan fingerprint density at radius 1 is 1.28 bits per heavy atom. The standard InChI is InChI=1S/C16H25NO/c1-13-5-7-14(8-6-13)15(18)11-17-10-4-9-16(2,3)12-17/h5-8,15,18H,4,9-12H2,1-3H3. The Labute approximate surface area is 111 Å². The highest BCUT2D eigenvalue weighted by molar-refractivity contribution is 5.23. The summed E-state index contributed by atoms with van der Waals surface area (Å²) in [7, 11) is 0. The van der Waals surface area contributed by atoms with Crippen molar-refractivity contribution in [1.82, 2.24) is 4.90 Å². The van der Waals surface area contributed by atoms with Crippen molar-refractivity contribution >= 4 is 0 Å². The van der Waals surface area contributed by atoms with Gasteiger partial charge in [-0.1, -0.05) is 43.7 Å². The fourth-order valence-electron chi connectivity index (χ4n) is 2.84. The van der Waals surface area contributed by atoms with E-state index in [-0.39, 0.29) is 6.10 Å². The van der Waals surface area contributed by atoms with E-state index in [1.807, 2.05) is 12.1 Å². The second-order valence-corrected chi connectivity index (χ2v) is 6.43. The zero-order chi connectivity index (χ0) is 13.2. The fourth-order valence-corrected chi connectivity index (χ4v) is 2.84. The van der Waals surface area contributed by atoms with Crippen molar-refractivity contribution in [2.24, 2.45) is 5.41 Å². The molecule has 0 amide bonds. The van der Waals surface area contributed by atoms with Crippen LogP contribution < -0.4 is 0 Å². The highest BCUT2D eigenvalue weighted by Gasteiger charge is 2.27. The Hall–Kier alpha value is -0.860. The van der Waals surface area contributed by atoms with Crippen LogP contribution in [0.1, 0.15) is 43.9 Å². The third kappa shape index (κ3) is 3.56. The molecule has 0 aromatic heterocycles. The Morgan fingerprint density at radius 3 is 2.56 bits per heavy atom. The number of nitrogens with zero attached hydrogens (tertiary/aromatic N) is 1. The van der Waals surface area contributed by atoms with Gasteiger partial charge in [0.15, 0.2) is 0 Å². The molecule has 1 unspecified atom stereocenters. The summed E-state index contributed by atoms with van der Waals surface area (Å²) >= 11 is 0. The summed E-state index contributed by atoms with van der Waals surface area (Å²) in [4.78, 5) is 2.40. The number of piperidine rings is 1. The molecule has 1 aromatic rings. The molecule has 100 valence electrons. The van der Waals surface area contributed by atoms with E-state index < -0.39 is 0 Å². The Kier molecular flexibility index (Phi) is 4.08. The quantitative estimate of drug-likeness (QED) is 0.887. The molecule has 1 atom stereocenters. The van der Waals surface area contributed by atoms with Gasteiger partial charge in [-0.3, -0.25) is 4.90 Å². The van der Waals surface area contributed by atoms with Gasteiger partial charge >= 0.3 is 0 Å². The minimum Gasteiger partial charge on any atom is -0.387 e. The molecule has 2 nitrogen and oxygen atoms in total. The highest BCUT2D eigenvalue weighted by Crippen LogP contribution is 2.29. The fraction of sp³-hybridized carbons (Fsp3) is 0.625. The molecule has 2 heteroatoms. The van der Waals surface area contributed by atoms with E-state index in [4.69, 9.17) is 0 Å². The average molecular weight is 247 g/mol. The minimum absolute atomic E-state index is 0.362. The lowest BCUT2D eigenvalue weighted by molar-refractivity contribution is 0.0598. The smallest absolute Gasteiger partial charge is 0.0916 e. The largest absolute Gasteiger partial charge is 0.387 e. The van der Waals surface area contributed by atoms with E-state index in [9.17, 15) is 5.11 Å². The maximum Gasteiger partial charge on any atom is 0.0916 e. The van der Waals surface area contributed by atoms with Gasteiger partial charge in [0.1, 0.15) is 0 Å². The Balaban J connectivity index is 1.94. The van der Waals surface area contributed by atoms with Crippen LogP contribution in [0.2, 0.25) is 0 Å². The van der Waals surface area contributed by atoms with E-state index in [0.717, 1.165) is 25.2 Å². The summed E-state index contributed by atoms with van der Waals surface area (Å²) < 4.78 is 0. The predicted molar refractivity (Wildman–Crippen MR) is 75.6 cm³/mol. The first-order valence-electron chi connectivity index (χ1n) is 6.93. The van der Waals surface area contributed by atoms with Crippen LogP contribution in [0.5, 0.6) is 0 Å². The zero-order valence-corrected chi connectivity index (χ0v) is 11.8. The lowest BCUT2D eigenvalue weighted by atomic mass is 9.84. The topological polar surface area (TPSA) is 23.5 Å². The summed E-state index contributed by atoms with van der Waals surface area (Å²) in [6.45, 7) is 9.67. The molecule has 0 radical (unpaired) electrons. The van der Waals surface area contributed by atoms with Gasteiger partial charge in [0, 0.05) is 13.1 Å². The molecule has 0 aliphatic carbocycles. The maximum atomic E-state index is 10.3. The molecule has 1 aliphatic rings. The number of hydrogen-bond donors (Lipinski definition) is 1. The molecule has 1 saturated heterocycles. The van der Waals surface area contributed by atoms with Crippen LogP contribution in [0.25, 0.3) is 0 Å². The number of benzene rings is 1. The summed E-state index contributed by atoms with van der Waals surface area (Å²) in [5.41, 5.74) is 2.67. The van der Waals surface area contributed by atoms with Crippen LogP contribution in [0.4, 0.5) is 0 Å². The molecular weight excluding hydrogens is 222 g/mol. The molecule has 0 spiro atoms. The van der Waals surface area contributed by atoms with Gasteiger partial charge in [0.05, 0.1) is 6.10 Å². The molecule has 0 saturated carbocycles. The third-order valence-corrected chi connectivity index (χ3v) is 3.87. The highest BCUT2D eigenvalue weighted by atomic mass is 16.3. The van der Waals surface area contributed by atoms with Crippen molar-refractivity contribution in [2.45, 2.75) is 39.7 Å². The first-order chi connectivity index (χ1) is 8.46. The molecule has 0 bridgehead atoms. The molecule has 1 N–H and O–H groups in total. The number of hydrogen-bond acceptors (Lipinski definition) is 2. The number of aliphatic hydroxyl groups is 1. The van der Waals surface area contributed by atoms with E-state index in [2.05, 4.69) is 37.8 Å². The van der Waals surface area contributed by atoms with Gasteiger partial charge in [0.25, 0.3) is 0 Å². The Morgan fingerprint density at radius 2 is 1.94 bits per heavy atom.